The third kappa shape index (κ3) is 2.30. The van der Waals surface area contributed by atoms with Crippen molar-refractivity contribution < 1.29 is 14.7 Å². The molecular formula is C6H8BNO3. The molecule has 0 fully saturated rings. The first-order valence-corrected chi connectivity index (χ1v) is 3.13. The van der Waals surface area contributed by atoms with Crippen LogP contribution in [0.3, 0.4) is 0 Å². The Morgan fingerprint density at radius 3 is 2.91 bits per heavy atom. The second kappa shape index (κ2) is 4.07. The van der Waals surface area contributed by atoms with Crippen LogP contribution in [0.2, 0.25) is 0 Å². The van der Waals surface area contributed by atoms with Crippen molar-refractivity contribution in [2.24, 2.45) is 0 Å². The van der Waals surface area contributed by atoms with Crippen LogP contribution in [0.1, 0.15) is 0 Å². The predicted molar refractivity (Wildman–Crippen MR) is 39.9 cm³/mol. The highest BCUT2D eigenvalue weighted by Crippen LogP contribution is 1.83. The summed E-state index contributed by atoms with van der Waals surface area (Å²) in [6.07, 6.45) is 1.57. The number of rotatable bonds is 3. The average Bonchev–Trinajstić information content (AvgIpc) is 2.07. The van der Waals surface area contributed by atoms with E-state index in [0.717, 1.165) is 0 Å². The lowest BCUT2D eigenvalue weighted by Crippen LogP contribution is -2.35. The highest BCUT2D eigenvalue weighted by Gasteiger charge is 2.17. The average molecular weight is 153 g/mol. The van der Waals surface area contributed by atoms with Gasteiger partial charge in [0.15, 0.2) is 0 Å². The Morgan fingerprint density at radius 1 is 1.55 bits per heavy atom. The Kier molecular flexibility index (Phi) is 3.03. The van der Waals surface area contributed by atoms with Crippen molar-refractivity contribution in [3.8, 4) is 0 Å². The van der Waals surface area contributed by atoms with Crippen LogP contribution in [0.25, 0.3) is 0 Å². The van der Waals surface area contributed by atoms with Gasteiger partial charge in [0.25, 0.3) is 0 Å². The fourth-order valence-corrected chi connectivity index (χ4v) is 0.662. The summed E-state index contributed by atoms with van der Waals surface area (Å²) in [6, 6.07) is 5.15. The van der Waals surface area contributed by atoms with Crippen molar-refractivity contribution in [2.45, 2.75) is 0 Å². The smallest absolute Gasteiger partial charge is 0.421 e. The molecule has 1 rings (SSSR count). The summed E-state index contributed by atoms with van der Waals surface area (Å²) < 4.78 is 0. The molecule has 0 aromatic carbocycles. The first kappa shape index (κ1) is 8.19. The summed E-state index contributed by atoms with van der Waals surface area (Å²) >= 11 is 0. The van der Waals surface area contributed by atoms with E-state index in [1.165, 1.54) is 7.11 Å². The lowest BCUT2D eigenvalue weighted by molar-refractivity contribution is -0.193. The highest BCUT2D eigenvalue weighted by molar-refractivity contribution is 6.58. The molecular weight excluding hydrogens is 145 g/mol. The van der Waals surface area contributed by atoms with Crippen molar-refractivity contribution in [3.05, 3.63) is 24.4 Å². The third-order valence-electron chi connectivity index (χ3n) is 1.13. The quantitative estimate of drug-likeness (QED) is 0.356. The number of hydrogen-bond acceptors (Lipinski definition) is 4. The molecule has 11 heavy (non-hydrogen) atoms. The molecule has 1 aromatic heterocycles. The minimum Gasteiger partial charge on any atom is -0.421 e. The molecule has 1 aromatic rings. The summed E-state index contributed by atoms with van der Waals surface area (Å²) in [5, 5.41) is 9.11. The van der Waals surface area contributed by atoms with Gasteiger partial charge in [-0.25, -0.2) is 0 Å². The van der Waals surface area contributed by atoms with E-state index < -0.39 is 7.12 Å². The Balaban J connectivity index is 2.61. The molecule has 0 spiro atoms. The van der Waals surface area contributed by atoms with E-state index >= 15 is 0 Å². The normalized spacial score (nSPS) is 9.64. The zero-order valence-corrected chi connectivity index (χ0v) is 6.10. The van der Waals surface area contributed by atoms with Gasteiger partial charge in [0.1, 0.15) is 0 Å². The minimum absolute atomic E-state index is 0.425. The summed E-state index contributed by atoms with van der Waals surface area (Å²) in [5.41, 5.74) is 0.425. The third-order valence-corrected chi connectivity index (χ3v) is 1.13. The van der Waals surface area contributed by atoms with Gasteiger partial charge >= 0.3 is 7.12 Å². The van der Waals surface area contributed by atoms with Crippen LogP contribution in [-0.4, -0.2) is 24.2 Å². The summed E-state index contributed by atoms with van der Waals surface area (Å²) in [7, 11) is 0.216. The van der Waals surface area contributed by atoms with Gasteiger partial charge < -0.3 is 5.02 Å². The predicted octanol–water partition coefficient (Wildman–Crippen LogP) is -0.653. The van der Waals surface area contributed by atoms with E-state index in [-0.39, 0.29) is 0 Å². The Morgan fingerprint density at radius 2 is 2.36 bits per heavy atom. The molecule has 4 nitrogen and oxygen atoms in total. The first-order valence-electron chi connectivity index (χ1n) is 3.13. The van der Waals surface area contributed by atoms with Crippen LogP contribution in [-0.2, 0) is 9.69 Å². The van der Waals surface area contributed by atoms with Gasteiger partial charge in [0.2, 0.25) is 0 Å². The van der Waals surface area contributed by atoms with Crippen molar-refractivity contribution >= 4 is 12.7 Å². The zero-order chi connectivity index (χ0) is 8.10. The van der Waals surface area contributed by atoms with E-state index in [0.29, 0.717) is 5.59 Å². The molecule has 0 atom stereocenters. The van der Waals surface area contributed by atoms with Gasteiger partial charge in [-0.05, 0) is 12.1 Å². The van der Waals surface area contributed by atoms with Crippen LogP contribution < -0.4 is 5.59 Å². The van der Waals surface area contributed by atoms with Crippen LogP contribution in [0.5, 0.6) is 0 Å². The molecule has 1 N–H and O–H groups in total. The van der Waals surface area contributed by atoms with Crippen molar-refractivity contribution in [2.75, 3.05) is 7.11 Å². The molecule has 5 heteroatoms. The summed E-state index contributed by atoms with van der Waals surface area (Å²) in [4.78, 5) is 12.5. The number of pyridine rings is 1. The summed E-state index contributed by atoms with van der Waals surface area (Å²) in [6.45, 7) is 0. The molecule has 0 radical (unpaired) electrons. The number of nitrogens with zero attached hydrogens (tertiary/aromatic N) is 1. The number of hydrogen-bond donors (Lipinski definition) is 1. The molecule has 0 aliphatic rings. The molecule has 0 aliphatic heterocycles. The molecule has 0 aliphatic carbocycles. The molecule has 0 saturated heterocycles. The lowest BCUT2D eigenvalue weighted by atomic mass is 9.86. The van der Waals surface area contributed by atoms with E-state index in [2.05, 4.69) is 14.7 Å². The van der Waals surface area contributed by atoms with Crippen molar-refractivity contribution in [1.29, 1.82) is 0 Å². The zero-order valence-electron chi connectivity index (χ0n) is 6.10. The maximum atomic E-state index is 9.11. The van der Waals surface area contributed by atoms with E-state index in [4.69, 9.17) is 5.02 Å². The molecule has 1 heterocycles. The fraction of sp³-hybridized carbons (Fsp3) is 0.167. The van der Waals surface area contributed by atoms with E-state index in [9.17, 15) is 0 Å². The standard InChI is InChI=1S/C6H8BNO3/c1-10-11-7(9)6-4-2-3-5-8-6/h2-5,9H,1H3. The minimum atomic E-state index is -1.11. The van der Waals surface area contributed by atoms with Gasteiger partial charge in [-0.3, -0.25) is 14.7 Å². The topological polar surface area (TPSA) is 51.6 Å². The van der Waals surface area contributed by atoms with Crippen LogP contribution in [0.4, 0.5) is 0 Å². The maximum Gasteiger partial charge on any atom is 0.541 e. The Bertz CT molecular complexity index is 206. The van der Waals surface area contributed by atoms with Gasteiger partial charge in [0.05, 0.1) is 12.7 Å². The largest absolute Gasteiger partial charge is 0.541 e. The molecule has 0 unspecified atom stereocenters. The molecule has 0 saturated carbocycles. The molecule has 0 bridgehead atoms. The summed E-state index contributed by atoms with van der Waals surface area (Å²) in [5.74, 6) is 0. The van der Waals surface area contributed by atoms with E-state index in [1.807, 2.05) is 0 Å². The van der Waals surface area contributed by atoms with Gasteiger partial charge in [-0.2, -0.15) is 0 Å². The maximum absolute atomic E-state index is 9.11. The van der Waals surface area contributed by atoms with Crippen LogP contribution in [0.15, 0.2) is 24.4 Å². The fourth-order valence-electron chi connectivity index (χ4n) is 0.662. The molecule has 58 valence electrons. The number of aromatic nitrogens is 1. The monoisotopic (exact) mass is 153 g/mol. The molecule has 0 amide bonds. The van der Waals surface area contributed by atoms with Crippen LogP contribution >= 0.6 is 0 Å². The van der Waals surface area contributed by atoms with Crippen LogP contribution in [0, 0.1) is 0 Å². The second-order valence-electron chi connectivity index (χ2n) is 1.87. The van der Waals surface area contributed by atoms with Crippen molar-refractivity contribution in [3.63, 3.8) is 0 Å². The Labute approximate surface area is 64.9 Å². The Hall–Kier alpha value is -0.905. The van der Waals surface area contributed by atoms with Gasteiger partial charge in [-0.1, -0.05) is 6.07 Å². The van der Waals surface area contributed by atoms with Crippen molar-refractivity contribution in [1.82, 2.24) is 4.98 Å². The van der Waals surface area contributed by atoms with Gasteiger partial charge in [0, 0.05) is 6.20 Å². The lowest BCUT2D eigenvalue weighted by Gasteiger charge is -2.01. The highest BCUT2D eigenvalue weighted by atomic mass is 17.2. The first-order chi connectivity index (χ1) is 5.34. The SMILES string of the molecule is COOB(O)c1ccccn1. The van der Waals surface area contributed by atoms with E-state index in [1.54, 1.807) is 24.4 Å². The van der Waals surface area contributed by atoms with Gasteiger partial charge in [-0.15, -0.1) is 0 Å². The second-order valence-corrected chi connectivity index (χ2v) is 1.87.